The minimum Gasteiger partial charge on any atom is -0.494 e. The molecule has 0 radical (unpaired) electrons. The lowest BCUT2D eigenvalue weighted by Gasteiger charge is -2.31. The van der Waals surface area contributed by atoms with Crippen LogP contribution in [0.1, 0.15) is 47.4 Å². The average Bonchev–Trinajstić information content (AvgIpc) is 3.75. The number of alkyl halides is 3. The molecule has 244 valence electrons. The number of primary amides is 1. The second-order valence-electron chi connectivity index (χ2n) is 10.7. The molecule has 4 N–H and O–H groups in total. The number of aromatic nitrogens is 3. The zero-order chi connectivity index (χ0) is 33.6. The minimum atomic E-state index is -5.46. The normalized spacial score (nSPS) is 14.6. The number of carbonyl (C=O) groups excluding carboxylic acids is 2. The van der Waals surface area contributed by atoms with Crippen molar-refractivity contribution in [2.45, 2.75) is 44.0 Å². The molecule has 1 saturated carbocycles. The molecule has 46 heavy (non-hydrogen) atoms. The molecule has 2 aromatic carbocycles. The van der Waals surface area contributed by atoms with Crippen molar-refractivity contribution in [1.29, 1.82) is 0 Å². The van der Waals surface area contributed by atoms with Crippen LogP contribution < -0.4 is 20.5 Å². The number of rotatable bonds is 11. The number of amides is 2. The molecular formula is C30H27ClF5N5O5. The Morgan fingerprint density at radius 1 is 1.17 bits per heavy atom. The van der Waals surface area contributed by atoms with Gasteiger partial charge in [0.15, 0.2) is 11.6 Å². The van der Waals surface area contributed by atoms with Crippen molar-refractivity contribution in [3.8, 4) is 22.8 Å². The van der Waals surface area contributed by atoms with Crippen molar-refractivity contribution >= 4 is 34.3 Å². The molecule has 4 aromatic rings. The number of hydrogen-bond acceptors (Lipinski definition) is 7. The van der Waals surface area contributed by atoms with E-state index >= 15 is 0 Å². The summed E-state index contributed by atoms with van der Waals surface area (Å²) < 4.78 is 85.0. The number of ether oxygens (including phenoxy) is 2. The third kappa shape index (κ3) is 6.29. The maximum absolute atomic E-state index is 14.7. The van der Waals surface area contributed by atoms with Crippen LogP contribution in [0.2, 0.25) is 5.02 Å². The molecule has 5 rings (SSSR count). The largest absolute Gasteiger partial charge is 0.494 e. The summed E-state index contributed by atoms with van der Waals surface area (Å²) in [6, 6.07) is 5.21. The first-order valence-corrected chi connectivity index (χ1v) is 14.3. The molecule has 0 aliphatic heterocycles. The van der Waals surface area contributed by atoms with E-state index in [1.165, 1.54) is 26.2 Å². The van der Waals surface area contributed by atoms with Gasteiger partial charge in [0.1, 0.15) is 22.7 Å². The zero-order valence-corrected chi connectivity index (χ0v) is 25.1. The molecule has 0 spiro atoms. The highest BCUT2D eigenvalue weighted by atomic mass is 35.5. The van der Waals surface area contributed by atoms with Crippen LogP contribution in [-0.4, -0.2) is 58.1 Å². The first-order chi connectivity index (χ1) is 21.7. The molecule has 1 fully saturated rings. The Kier molecular flexibility index (Phi) is 8.84. The number of nitrogens with zero attached hydrogens (tertiary/aromatic N) is 3. The monoisotopic (exact) mass is 667 g/mol. The summed E-state index contributed by atoms with van der Waals surface area (Å²) in [5.74, 6) is -4.88. The molecule has 0 bridgehead atoms. The van der Waals surface area contributed by atoms with Gasteiger partial charge in [-0.3, -0.25) is 14.3 Å². The number of carbonyl (C=O) groups is 2. The van der Waals surface area contributed by atoms with Gasteiger partial charge in [-0.2, -0.15) is 18.3 Å². The molecule has 1 atom stereocenters. The van der Waals surface area contributed by atoms with Crippen LogP contribution >= 0.6 is 11.6 Å². The molecule has 10 nitrogen and oxygen atoms in total. The van der Waals surface area contributed by atoms with Crippen LogP contribution in [0.3, 0.4) is 0 Å². The number of halogens is 6. The molecule has 1 aliphatic rings. The smallest absolute Gasteiger partial charge is 0.424 e. The van der Waals surface area contributed by atoms with E-state index < -0.39 is 64.6 Å². The highest BCUT2D eigenvalue weighted by molar-refractivity contribution is 6.31. The lowest BCUT2D eigenvalue weighted by molar-refractivity contribution is -0.265. The summed E-state index contributed by atoms with van der Waals surface area (Å²) in [6.45, 7) is 0.00494. The summed E-state index contributed by atoms with van der Waals surface area (Å²) in [5, 5.41) is 17.6. The fourth-order valence-corrected chi connectivity index (χ4v) is 5.10. The highest BCUT2D eigenvalue weighted by Crippen LogP contribution is 2.43. The fraction of sp³-hybridized carbons (Fsp3) is 0.333. The third-order valence-corrected chi connectivity index (χ3v) is 7.63. The molecular weight excluding hydrogens is 641 g/mol. The molecule has 0 saturated heterocycles. The Balaban J connectivity index is 1.58. The Morgan fingerprint density at radius 2 is 1.89 bits per heavy atom. The first kappa shape index (κ1) is 32.9. The van der Waals surface area contributed by atoms with Crippen molar-refractivity contribution in [3.63, 3.8) is 0 Å². The van der Waals surface area contributed by atoms with Gasteiger partial charge in [-0.25, -0.2) is 13.8 Å². The summed E-state index contributed by atoms with van der Waals surface area (Å²) in [6.07, 6.45) is -2.56. The number of hydrogen-bond donors (Lipinski definition) is 3. The Morgan fingerprint density at radius 3 is 2.48 bits per heavy atom. The van der Waals surface area contributed by atoms with E-state index in [1.54, 1.807) is 10.9 Å². The van der Waals surface area contributed by atoms with Crippen LogP contribution in [0.25, 0.3) is 22.2 Å². The number of fused-ring (bicyclic) bond motifs is 1. The van der Waals surface area contributed by atoms with Gasteiger partial charge < -0.3 is 25.6 Å². The minimum absolute atomic E-state index is 0.0737. The van der Waals surface area contributed by atoms with E-state index in [4.69, 9.17) is 26.8 Å². The number of methoxy groups -OCH3 is 1. The van der Waals surface area contributed by atoms with Gasteiger partial charge >= 0.3 is 6.18 Å². The van der Waals surface area contributed by atoms with Gasteiger partial charge in [-0.15, -0.1) is 0 Å². The van der Waals surface area contributed by atoms with Crippen molar-refractivity contribution in [3.05, 3.63) is 70.0 Å². The maximum Gasteiger partial charge on any atom is 0.424 e. The van der Waals surface area contributed by atoms with E-state index in [-0.39, 0.29) is 40.8 Å². The van der Waals surface area contributed by atoms with Crippen molar-refractivity contribution < 1.29 is 46.1 Å². The quantitative estimate of drug-likeness (QED) is 0.151. The highest BCUT2D eigenvalue weighted by Gasteiger charge is 2.57. The van der Waals surface area contributed by atoms with Crippen molar-refractivity contribution in [1.82, 2.24) is 20.1 Å². The van der Waals surface area contributed by atoms with Crippen LogP contribution in [0.5, 0.6) is 11.5 Å². The Hall–Kier alpha value is -4.50. The number of pyridine rings is 1. The molecule has 1 aliphatic carbocycles. The fourth-order valence-electron chi connectivity index (χ4n) is 4.89. The molecule has 2 aromatic heterocycles. The van der Waals surface area contributed by atoms with E-state index in [1.807, 2.05) is 0 Å². The van der Waals surface area contributed by atoms with Gasteiger partial charge in [-0.1, -0.05) is 11.6 Å². The first-order valence-electron chi connectivity index (χ1n) is 13.9. The Labute approximate surface area is 263 Å². The van der Waals surface area contributed by atoms with Crippen LogP contribution in [0.4, 0.5) is 22.0 Å². The summed E-state index contributed by atoms with van der Waals surface area (Å²) in [5.41, 5.74) is -0.279. The summed E-state index contributed by atoms with van der Waals surface area (Å²) in [7, 11) is 1.36. The zero-order valence-electron chi connectivity index (χ0n) is 24.3. The maximum atomic E-state index is 14.7. The van der Waals surface area contributed by atoms with Crippen molar-refractivity contribution in [2.24, 2.45) is 5.73 Å². The lowest BCUT2D eigenvalue weighted by atomic mass is 9.93. The Bertz CT molecular complexity index is 1820. The molecule has 0 unspecified atom stereocenters. The lowest BCUT2D eigenvalue weighted by Crippen LogP contribution is -2.51. The second-order valence-corrected chi connectivity index (χ2v) is 11.1. The number of aliphatic hydroxyl groups is 1. The summed E-state index contributed by atoms with van der Waals surface area (Å²) in [4.78, 5) is 29.0. The van der Waals surface area contributed by atoms with E-state index in [0.717, 1.165) is 25.0 Å². The van der Waals surface area contributed by atoms with E-state index in [0.29, 0.717) is 17.0 Å². The van der Waals surface area contributed by atoms with Crippen LogP contribution in [-0.2, 0) is 16.8 Å². The number of nitrogens with one attached hydrogen (secondary N) is 1. The second kappa shape index (κ2) is 12.4. The number of benzene rings is 2. The van der Waals surface area contributed by atoms with Gasteiger partial charge in [0.25, 0.3) is 5.91 Å². The molecule has 16 heteroatoms. The van der Waals surface area contributed by atoms with E-state index in [9.17, 15) is 36.6 Å². The third-order valence-electron chi connectivity index (χ3n) is 7.35. The van der Waals surface area contributed by atoms with Crippen molar-refractivity contribution in [2.75, 3.05) is 20.3 Å². The topological polar surface area (TPSA) is 142 Å². The molecule has 2 heterocycles. The predicted molar refractivity (Wildman–Crippen MR) is 156 cm³/mol. The van der Waals surface area contributed by atoms with E-state index in [2.05, 4.69) is 15.4 Å². The van der Waals surface area contributed by atoms with Gasteiger partial charge in [0.05, 0.1) is 43.4 Å². The predicted octanol–water partition coefficient (Wildman–Crippen LogP) is 4.98. The summed E-state index contributed by atoms with van der Waals surface area (Å²) >= 11 is 5.80. The standard InChI is InChI=1S/C30H27ClF5N5O5/c1-3-46-27-15(11-23(37)42)10-22(39-26(27)14-7-19(31)24(33)20(32)8-14)29(44,30(34,35)36)13-38-28(43)16-6-17-12-41(18-4-5-18)40-25(17)21(9-16)45-2/h6-10,12,18,44H,3-5,11,13H2,1-2H3,(H2,37,42)(H,38,43)/t29-/m0/s1. The SMILES string of the molecule is CCOc1c(CC(N)=O)cc([C@@](O)(CNC(=O)c2cc(OC)c3nn(C4CC4)cc3c2)C(F)(F)F)nc1-c1cc(F)c(F)c(Cl)c1. The average molecular weight is 668 g/mol. The molecule has 2 amide bonds. The van der Waals surface area contributed by atoms with Gasteiger partial charge in [0, 0.05) is 28.3 Å². The number of nitrogens with two attached hydrogens (primary N) is 1. The van der Waals surface area contributed by atoms with Crippen LogP contribution in [0.15, 0.2) is 36.5 Å². The van der Waals surface area contributed by atoms with Crippen LogP contribution in [0, 0.1) is 11.6 Å². The van der Waals surface area contributed by atoms with Gasteiger partial charge in [0.2, 0.25) is 11.5 Å². The van der Waals surface area contributed by atoms with Gasteiger partial charge in [-0.05, 0) is 50.1 Å².